The Kier molecular flexibility index (Phi) is 3.27. The molecule has 62 valence electrons. The lowest BCUT2D eigenvalue weighted by molar-refractivity contribution is -0.104. The van der Waals surface area contributed by atoms with Crippen LogP contribution in [0.2, 0.25) is 0 Å². The predicted molar refractivity (Wildman–Crippen MR) is 50.1 cm³/mol. The molecule has 0 heterocycles. The normalized spacial score (nSPS) is 10.4. The Labute approximate surface area is 72.7 Å². The van der Waals surface area contributed by atoms with E-state index >= 15 is 0 Å². The Morgan fingerprint density at radius 1 is 1.42 bits per heavy atom. The van der Waals surface area contributed by atoms with E-state index in [-0.39, 0.29) is 0 Å². The van der Waals surface area contributed by atoms with Gasteiger partial charge in [0.1, 0.15) is 6.29 Å². The highest BCUT2D eigenvalue weighted by Crippen LogP contribution is 2.04. The molecule has 0 aromatic heterocycles. The van der Waals surface area contributed by atoms with Crippen LogP contribution in [-0.4, -0.2) is 6.29 Å². The largest absolute Gasteiger partial charge is 0.299 e. The third kappa shape index (κ3) is 2.70. The second kappa shape index (κ2) is 4.50. The third-order valence-electron chi connectivity index (χ3n) is 1.65. The van der Waals surface area contributed by atoms with E-state index in [1.807, 2.05) is 12.1 Å². The summed E-state index contributed by atoms with van der Waals surface area (Å²) in [6, 6.07) is 8.27. The van der Waals surface area contributed by atoms with Crippen LogP contribution in [0.3, 0.4) is 0 Å². The SMILES string of the molecule is Cc1cccc(C/C=C/C=O)c1. The maximum atomic E-state index is 9.98. The average Bonchev–Trinajstić information content (AvgIpc) is 2.05. The van der Waals surface area contributed by atoms with Gasteiger partial charge in [-0.05, 0) is 25.0 Å². The van der Waals surface area contributed by atoms with Gasteiger partial charge >= 0.3 is 0 Å². The Morgan fingerprint density at radius 3 is 2.92 bits per heavy atom. The van der Waals surface area contributed by atoms with Crippen molar-refractivity contribution < 1.29 is 4.79 Å². The van der Waals surface area contributed by atoms with E-state index < -0.39 is 0 Å². The van der Waals surface area contributed by atoms with Crippen LogP contribution in [0, 0.1) is 6.92 Å². The summed E-state index contributed by atoms with van der Waals surface area (Å²) in [5.41, 5.74) is 2.50. The fourth-order valence-corrected chi connectivity index (χ4v) is 1.10. The van der Waals surface area contributed by atoms with Crippen molar-refractivity contribution in [2.75, 3.05) is 0 Å². The van der Waals surface area contributed by atoms with E-state index in [0.29, 0.717) is 0 Å². The molecule has 0 aliphatic carbocycles. The highest BCUT2D eigenvalue weighted by Gasteiger charge is 1.88. The van der Waals surface area contributed by atoms with Gasteiger partial charge in [0.2, 0.25) is 0 Å². The molecule has 12 heavy (non-hydrogen) atoms. The lowest BCUT2D eigenvalue weighted by Crippen LogP contribution is -1.81. The first-order valence-corrected chi connectivity index (χ1v) is 3.99. The van der Waals surface area contributed by atoms with Gasteiger partial charge in [-0.1, -0.05) is 35.9 Å². The zero-order chi connectivity index (χ0) is 8.81. The van der Waals surface area contributed by atoms with E-state index in [2.05, 4.69) is 25.1 Å². The molecule has 1 nitrogen and oxygen atoms in total. The first-order valence-electron chi connectivity index (χ1n) is 3.99. The molecule has 0 atom stereocenters. The van der Waals surface area contributed by atoms with Crippen molar-refractivity contribution in [3.05, 3.63) is 47.5 Å². The molecule has 1 heteroatoms. The van der Waals surface area contributed by atoms with Gasteiger partial charge < -0.3 is 0 Å². The summed E-state index contributed by atoms with van der Waals surface area (Å²) in [4.78, 5) is 9.98. The summed E-state index contributed by atoms with van der Waals surface area (Å²) in [5.74, 6) is 0. The molecule has 0 bridgehead atoms. The number of allylic oxidation sites excluding steroid dienone is 2. The molecule has 0 spiro atoms. The standard InChI is InChI=1S/C11H12O/c1-10-5-4-7-11(9-10)6-2-3-8-12/h2-5,7-9H,6H2,1H3/b3-2+. The molecule has 0 aliphatic heterocycles. The molecule has 1 aromatic rings. The maximum absolute atomic E-state index is 9.98. The van der Waals surface area contributed by atoms with Crippen LogP contribution in [-0.2, 0) is 11.2 Å². The van der Waals surface area contributed by atoms with E-state index in [9.17, 15) is 4.79 Å². The minimum atomic E-state index is 0.801. The van der Waals surface area contributed by atoms with Gasteiger partial charge in [-0.2, -0.15) is 0 Å². The second-order valence-electron chi connectivity index (χ2n) is 2.76. The van der Waals surface area contributed by atoms with Crippen molar-refractivity contribution in [3.63, 3.8) is 0 Å². The van der Waals surface area contributed by atoms with E-state index in [1.54, 1.807) is 0 Å². The highest BCUT2D eigenvalue weighted by molar-refractivity contribution is 5.64. The molecular formula is C11H12O. The van der Waals surface area contributed by atoms with Gasteiger partial charge in [-0.15, -0.1) is 0 Å². The van der Waals surface area contributed by atoms with Gasteiger partial charge in [0.15, 0.2) is 0 Å². The topological polar surface area (TPSA) is 17.1 Å². The third-order valence-corrected chi connectivity index (χ3v) is 1.65. The number of hydrogen-bond acceptors (Lipinski definition) is 1. The number of carbonyl (C=O) groups excluding carboxylic acids is 1. The summed E-state index contributed by atoms with van der Waals surface area (Å²) in [5, 5.41) is 0. The molecule has 0 fully saturated rings. The molecule has 0 radical (unpaired) electrons. The number of carbonyl (C=O) groups is 1. The summed E-state index contributed by atoms with van der Waals surface area (Å²) < 4.78 is 0. The maximum Gasteiger partial charge on any atom is 0.142 e. The molecule has 1 rings (SSSR count). The minimum Gasteiger partial charge on any atom is -0.299 e. The minimum absolute atomic E-state index is 0.801. The first-order chi connectivity index (χ1) is 5.83. The molecular weight excluding hydrogens is 148 g/mol. The Balaban J connectivity index is 2.63. The molecule has 1 aromatic carbocycles. The monoisotopic (exact) mass is 160 g/mol. The van der Waals surface area contributed by atoms with Crippen molar-refractivity contribution in [3.8, 4) is 0 Å². The van der Waals surface area contributed by atoms with Gasteiger partial charge in [0.05, 0.1) is 0 Å². The van der Waals surface area contributed by atoms with E-state index in [4.69, 9.17) is 0 Å². The van der Waals surface area contributed by atoms with E-state index in [1.165, 1.54) is 17.2 Å². The van der Waals surface area contributed by atoms with Crippen LogP contribution in [0.5, 0.6) is 0 Å². The number of hydrogen-bond donors (Lipinski definition) is 0. The molecule has 0 aliphatic rings. The lowest BCUT2D eigenvalue weighted by atomic mass is 10.1. The number of benzene rings is 1. The van der Waals surface area contributed by atoms with Crippen molar-refractivity contribution in [2.45, 2.75) is 13.3 Å². The highest BCUT2D eigenvalue weighted by atomic mass is 16.1. The summed E-state index contributed by atoms with van der Waals surface area (Å²) in [6.45, 7) is 2.06. The van der Waals surface area contributed by atoms with Crippen LogP contribution in [0.25, 0.3) is 0 Å². The number of rotatable bonds is 3. The fraction of sp³-hybridized carbons (Fsp3) is 0.182. The smallest absolute Gasteiger partial charge is 0.142 e. The fourth-order valence-electron chi connectivity index (χ4n) is 1.10. The van der Waals surface area contributed by atoms with Crippen molar-refractivity contribution in [1.29, 1.82) is 0 Å². The second-order valence-corrected chi connectivity index (χ2v) is 2.76. The van der Waals surface area contributed by atoms with Crippen LogP contribution < -0.4 is 0 Å². The van der Waals surface area contributed by atoms with Crippen molar-refractivity contribution in [2.24, 2.45) is 0 Å². The van der Waals surface area contributed by atoms with Crippen molar-refractivity contribution in [1.82, 2.24) is 0 Å². The van der Waals surface area contributed by atoms with Gasteiger partial charge in [0.25, 0.3) is 0 Å². The summed E-state index contributed by atoms with van der Waals surface area (Å²) >= 11 is 0. The van der Waals surface area contributed by atoms with E-state index in [0.717, 1.165) is 12.7 Å². The number of aldehydes is 1. The lowest BCUT2D eigenvalue weighted by Gasteiger charge is -1.96. The molecule has 0 N–H and O–H groups in total. The van der Waals surface area contributed by atoms with Gasteiger partial charge in [-0.3, -0.25) is 4.79 Å². The first kappa shape index (κ1) is 8.72. The molecule has 0 saturated carbocycles. The molecule has 0 unspecified atom stereocenters. The van der Waals surface area contributed by atoms with Crippen LogP contribution in [0.4, 0.5) is 0 Å². The zero-order valence-corrected chi connectivity index (χ0v) is 7.16. The van der Waals surface area contributed by atoms with Crippen molar-refractivity contribution >= 4 is 6.29 Å². The Bertz CT molecular complexity index is 287. The van der Waals surface area contributed by atoms with Gasteiger partial charge in [0, 0.05) is 0 Å². The quantitative estimate of drug-likeness (QED) is 0.489. The van der Waals surface area contributed by atoms with Crippen LogP contribution >= 0.6 is 0 Å². The van der Waals surface area contributed by atoms with Gasteiger partial charge in [-0.25, -0.2) is 0 Å². The van der Waals surface area contributed by atoms with Crippen LogP contribution in [0.15, 0.2) is 36.4 Å². The average molecular weight is 160 g/mol. The van der Waals surface area contributed by atoms with Crippen LogP contribution in [0.1, 0.15) is 11.1 Å². The predicted octanol–water partition coefficient (Wildman–Crippen LogP) is 2.29. The zero-order valence-electron chi connectivity index (χ0n) is 7.16. The number of aryl methyl sites for hydroxylation is 1. The summed E-state index contributed by atoms with van der Waals surface area (Å²) in [6.07, 6.45) is 5.03. The Hall–Kier alpha value is -1.37. The molecule has 0 amide bonds. The summed E-state index contributed by atoms with van der Waals surface area (Å²) in [7, 11) is 0. The molecule has 0 saturated heterocycles. The Morgan fingerprint density at radius 2 is 2.25 bits per heavy atom.